The summed E-state index contributed by atoms with van der Waals surface area (Å²) in [5.41, 5.74) is -0.101. The van der Waals surface area contributed by atoms with E-state index in [1.165, 1.54) is 6.33 Å². The van der Waals surface area contributed by atoms with Crippen LogP contribution in [0.3, 0.4) is 0 Å². The average Bonchev–Trinajstić information content (AvgIpc) is 2.83. The Kier molecular flexibility index (Phi) is 4.53. The minimum Gasteiger partial charge on any atom is -0.355 e. The second kappa shape index (κ2) is 6.74. The Morgan fingerprint density at radius 2 is 2.14 bits per heavy atom. The van der Waals surface area contributed by atoms with Gasteiger partial charge in [0.1, 0.15) is 11.6 Å². The third-order valence-corrected chi connectivity index (χ3v) is 4.08. The van der Waals surface area contributed by atoms with Crippen LogP contribution in [0.5, 0.6) is 0 Å². The minimum absolute atomic E-state index is 0.101. The van der Waals surface area contributed by atoms with Gasteiger partial charge in [-0.25, -0.2) is 9.97 Å². The number of aryl methyl sites for hydroxylation is 1. The van der Waals surface area contributed by atoms with E-state index in [1.54, 1.807) is 6.07 Å². The van der Waals surface area contributed by atoms with Gasteiger partial charge < -0.3 is 14.5 Å². The molecule has 1 saturated heterocycles. The van der Waals surface area contributed by atoms with Crippen molar-refractivity contribution < 1.29 is 0 Å². The summed E-state index contributed by atoms with van der Waals surface area (Å²) >= 11 is 0. The molecule has 0 atom stereocenters. The van der Waals surface area contributed by atoms with Crippen LogP contribution in [0.1, 0.15) is 19.2 Å². The largest absolute Gasteiger partial charge is 0.355 e. The fourth-order valence-electron chi connectivity index (χ4n) is 2.87. The smallest absolute Gasteiger partial charge is 0.252 e. The summed E-state index contributed by atoms with van der Waals surface area (Å²) in [6.07, 6.45) is 6.42. The van der Waals surface area contributed by atoms with E-state index in [0.717, 1.165) is 57.3 Å². The molecule has 0 saturated carbocycles. The van der Waals surface area contributed by atoms with Crippen LogP contribution in [0.25, 0.3) is 0 Å². The third-order valence-electron chi connectivity index (χ3n) is 4.08. The van der Waals surface area contributed by atoms with Crippen LogP contribution in [0, 0.1) is 0 Å². The first-order valence-electron chi connectivity index (χ1n) is 7.78. The Balaban J connectivity index is 1.64. The van der Waals surface area contributed by atoms with Crippen molar-refractivity contribution in [3.63, 3.8) is 0 Å². The highest BCUT2D eigenvalue weighted by Crippen LogP contribution is 2.13. The molecule has 22 heavy (non-hydrogen) atoms. The van der Waals surface area contributed by atoms with Crippen molar-refractivity contribution in [1.29, 1.82) is 0 Å². The molecule has 3 rings (SSSR count). The van der Waals surface area contributed by atoms with Crippen LogP contribution in [-0.4, -0.2) is 50.6 Å². The molecule has 3 heterocycles. The first-order valence-corrected chi connectivity index (χ1v) is 7.78. The fourth-order valence-corrected chi connectivity index (χ4v) is 2.87. The number of H-pyrrole nitrogens is 1. The quantitative estimate of drug-likeness (QED) is 0.900. The standard InChI is InChI=1S/C15H22N6O/c1-2-20-7-4-16-14(20)11-19-5-3-6-21(9-8-19)13-10-15(22)18-12-17-13/h4,7,10,12H,2-3,5-6,8-9,11H2,1H3,(H,17,18,22). The van der Waals surface area contributed by atoms with Gasteiger partial charge in [0.15, 0.2) is 0 Å². The van der Waals surface area contributed by atoms with Gasteiger partial charge in [0.05, 0.1) is 12.9 Å². The molecule has 0 bridgehead atoms. The highest BCUT2D eigenvalue weighted by molar-refractivity contribution is 5.36. The minimum atomic E-state index is -0.101. The van der Waals surface area contributed by atoms with Gasteiger partial charge in [-0.3, -0.25) is 9.69 Å². The molecule has 0 radical (unpaired) electrons. The molecule has 7 nitrogen and oxygen atoms in total. The van der Waals surface area contributed by atoms with Gasteiger partial charge in [-0.1, -0.05) is 0 Å². The van der Waals surface area contributed by atoms with Crippen LogP contribution < -0.4 is 10.5 Å². The first kappa shape index (κ1) is 14.8. The second-order valence-corrected chi connectivity index (χ2v) is 5.52. The lowest BCUT2D eigenvalue weighted by Crippen LogP contribution is -2.32. The van der Waals surface area contributed by atoms with Crippen molar-refractivity contribution in [3.8, 4) is 0 Å². The maximum atomic E-state index is 11.4. The van der Waals surface area contributed by atoms with Gasteiger partial charge >= 0.3 is 0 Å². The molecule has 1 aliphatic heterocycles. The van der Waals surface area contributed by atoms with Crippen molar-refractivity contribution in [2.75, 3.05) is 31.1 Å². The van der Waals surface area contributed by atoms with Gasteiger partial charge in [0.2, 0.25) is 0 Å². The van der Waals surface area contributed by atoms with Crippen LogP contribution in [0.15, 0.2) is 29.6 Å². The highest BCUT2D eigenvalue weighted by atomic mass is 16.1. The Morgan fingerprint density at radius 3 is 2.95 bits per heavy atom. The summed E-state index contributed by atoms with van der Waals surface area (Å²) in [5.74, 6) is 1.88. The number of anilines is 1. The van der Waals surface area contributed by atoms with E-state index in [2.05, 4.69) is 36.2 Å². The summed E-state index contributed by atoms with van der Waals surface area (Å²) < 4.78 is 2.18. The predicted molar refractivity (Wildman–Crippen MR) is 84.9 cm³/mol. The fraction of sp³-hybridized carbons (Fsp3) is 0.533. The maximum absolute atomic E-state index is 11.4. The molecule has 0 amide bonds. The number of hydrogen-bond donors (Lipinski definition) is 1. The molecular formula is C15H22N6O. The maximum Gasteiger partial charge on any atom is 0.252 e. The summed E-state index contributed by atoms with van der Waals surface area (Å²) in [6, 6.07) is 1.57. The van der Waals surface area contributed by atoms with Crippen LogP contribution in [0.4, 0.5) is 5.82 Å². The number of aromatic nitrogens is 4. The van der Waals surface area contributed by atoms with Crippen molar-refractivity contribution in [1.82, 2.24) is 24.4 Å². The second-order valence-electron chi connectivity index (χ2n) is 5.52. The van der Waals surface area contributed by atoms with Crippen LogP contribution in [-0.2, 0) is 13.1 Å². The summed E-state index contributed by atoms with van der Waals surface area (Å²) in [4.78, 5) is 27.3. The van der Waals surface area contributed by atoms with Gasteiger partial charge in [-0.05, 0) is 13.3 Å². The molecule has 0 aromatic carbocycles. The predicted octanol–water partition coefficient (Wildman–Crippen LogP) is 0.699. The molecular weight excluding hydrogens is 280 g/mol. The van der Waals surface area contributed by atoms with E-state index >= 15 is 0 Å². The Hall–Kier alpha value is -2.15. The van der Waals surface area contributed by atoms with E-state index in [9.17, 15) is 4.79 Å². The van der Waals surface area contributed by atoms with Crippen LogP contribution >= 0.6 is 0 Å². The van der Waals surface area contributed by atoms with Crippen molar-refractivity contribution in [3.05, 3.63) is 41.0 Å². The van der Waals surface area contributed by atoms with Crippen LogP contribution in [0.2, 0.25) is 0 Å². The lowest BCUT2D eigenvalue weighted by molar-refractivity contribution is 0.274. The lowest BCUT2D eigenvalue weighted by atomic mass is 10.3. The molecule has 2 aromatic rings. The average molecular weight is 302 g/mol. The van der Waals surface area contributed by atoms with E-state index in [4.69, 9.17) is 0 Å². The molecule has 0 spiro atoms. The first-order chi connectivity index (χ1) is 10.8. The number of nitrogens with one attached hydrogen (secondary N) is 1. The Morgan fingerprint density at radius 1 is 1.23 bits per heavy atom. The third kappa shape index (κ3) is 3.36. The zero-order chi connectivity index (χ0) is 15.4. The zero-order valence-corrected chi connectivity index (χ0v) is 12.9. The van der Waals surface area contributed by atoms with E-state index in [0.29, 0.717) is 0 Å². The van der Waals surface area contributed by atoms with Crippen molar-refractivity contribution in [2.45, 2.75) is 26.4 Å². The molecule has 1 fully saturated rings. The summed E-state index contributed by atoms with van der Waals surface area (Å²) in [7, 11) is 0. The Bertz CT molecular complexity index is 664. The van der Waals surface area contributed by atoms with Gasteiger partial charge in [0.25, 0.3) is 5.56 Å². The van der Waals surface area contributed by atoms with E-state index in [-0.39, 0.29) is 5.56 Å². The molecule has 1 aliphatic rings. The summed E-state index contributed by atoms with van der Waals surface area (Å²) in [5, 5.41) is 0. The number of rotatable bonds is 4. The number of imidazole rings is 1. The molecule has 0 unspecified atom stereocenters. The van der Waals surface area contributed by atoms with E-state index in [1.807, 2.05) is 12.4 Å². The number of nitrogens with zero attached hydrogens (tertiary/aromatic N) is 5. The number of aromatic amines is 1. The Labute approximate surface area is 129 Å². The van der Waals surface area contributed by atoms with Crippen molar-refractivity contribution >= 4 is 5.82 Å². The summed E-state index contributed by atoms with van der Waals surface area (Å²) in [6.45, 7) is 7.75. The van der Waals surface area contributed by atoms with Crippen molar-refractivity contribution in [2.24, 2.45) is 0 Å². The molecule has 0 aliphatic carbocycles. The normalized spacial score (nSPS) is 16.7. The molecule has 2 aromatic heterocycles. The molecule has 1 N–H and O–H groups in total. The van der Waals surface area contributed by atoms with Gasteiger partial charge in [-0.15, -0.1) is 0 Å². The van der Waals surface area contributed by atoms with Gasteiger partial charge in [0, 0.05) is 51.2 Å². The monoisotopic (exact) mass is 302 g/mol. The SMILES string of the molecule is CCn1ccnc1CN1CCCN(c2cc(=O)[nH]cn2)CC1. The topological polar surface area (TPSA) is 70.1 Å². The molecule has 118 valence electrons. The zero-order valence-electron chi connectivity index (χ0n) is 12.9. The lowest BCUT2D eigenvalue weighted by Gasteiger charge is -2.22. The molecule has 7 heteroatoms. The van der Waals surface area contributed by atoms with E-state index < -0.39 is 0 Å². The number of hydrogen-bond acceptors (Lipinski definition) is 5. The highest BCUT2D eigenvalue weighted by Gasteiger charge is 2.17. The van der Waals surface area contributed by atoms with Gasteiger partial charge in [-0.2, -0.15) is 0 Å².